The fourth-order valence-electron chi connectivity index (χ4n) is 2.78. The summed E-state index contributed by atoms with van der Waals surface area (Å²) in [5.74, 6) is 2.25. The van der Waals surface area contributed by atoms with Crippen molar-refractivity contribution in [1.82, 2.24) is 10.6 Å². The van der Waals surface area contributed by atoms with Crippen LogP contribution in [0.25, 0.3) is 0 Å². The molecule has 0 fully saturated rings. The first kappa shape index (κ1) is 19.0. The third-order valence-electron chi connectivity index (χ3n) is 4.30. The summed E-state index contributed by atoms with van der Waals surface area (Å²) in [5, 5.41) is 6.07. The number of carbonyl (C=O) groups is 1. The first-order valence-corrected chi connectivity index (χ1v) is 9.21. The molecule has 0 radical (unpaired) electrons. The lowest BCUT2D eigenvalue weighted by Gasteiger charge is -2.21. The third kappa shape index (κ3) is 5.62. The predicted molar refractivity (Wildman–Crippen MR) is 104 cm³/mol. The van der Waals surface area contributed by atoms with Crippen molar-refractivity contribution in [3.63, 3.8) is 0 Å². The monoisotopic (exact) mass is 370 g/mol. The lowest BCUT2D eigenvalue weighted by Crippen LogP contribution is -2.36. The van der Waals surface area contributed by atoms with E-state index in [0.717, 1.165) is 22.8 Å². The summed E-state index contributed by atoms with van der Waals surface area (Å²) in [7, 11) is 0. The van der Waals surface area contributed by atoms with Gasteiger partial charge in [-0.1, -0.05) is 23.8 Å². The van der Waals surface area contributed by atoms with Crippen LogP contribution in [0.1, 0.15) is 24.1 Å². The van der Waals surface area contributed by atoms with Gasteiger partial charge in [-0.2, -0.15) is 0 Å². The van der Waals surface area contributed by atoms with Crippen LogP contribution < -0.4 is 24.8 Å². The van der Waals surface area contributed by atoms with Crippen LogP contribution >= 0.6 is 0 Å². The summed E-state index contributed by atoms with van der Waals surface area (Å²) in [5.41, 5.74) is 2.18. The molecule has 27 heavy (non-hydrogen) atoms. The molecule has 2 aromatic rings. The van der Waals surface area contributed by atoms with Gasteiger partial charge in [0.15, 0.2) is 11.5 Å². The average Bonchev–Trinajstić information content (AvgIpc) is 2.68. The van der Waals surface area contributed by atoms with Crippen molar-refractivity contribution in [2.24, 2.45) is 0 Å². The van der Waals surface area contributed by atoms with Crippen molar-refractivity contribution in [3.05, 3.63) is 53.6 Å². The van der Waals surface area contributed by atoms with Crippen LogP contribution in [-0.4, -0.2) is 38.8 Å². The molecule has 6 heteroatoms. The second kappa shape index (κ2) is 9.28. The minimum absolute atomic E-state index is 0.0623. The summed E-state index contributed by atoms with van der Waals surface area (Å²) in [6.07, 6.45) is 0. The number of nitrogens with one attached hydrogen (secondary N) is 2. The van der Waals surface area contributed by atoms with Crippen molar-refractivity contribution in [3.8, 4) is 17.2 Å². The van der Waals surface area contributed by atoms with Crippen LogP contribution in [0.2, 0.25) is 0 Å². The molecular formula is C21H26N2O4. The standard InChI is InChI=1S/C21H26N2O4/c1-15-3-6-18(7-4-15)25-10-9-22-14-21(24)23-16(2)17-5-8-19-20(13-17)27-12-11-26-19/h3-8,13,16,22H,9-12,14H2,1-2H3,(H,23,24). The zero-order valence-electron chi connectivity index (χ0n) is 15.8. The van der Waals surface area contributed by atoms with E-state index in [-0.39, 0.29) is 18.5 Å². The lowest BCUT2D eigenvalue weighted by molar-refractivity contribution is -0.120. The van der Waals surface area contributed by atoms with Crippen LogP contribution in [0.5, 0.6) is 17.2 Å². The molecule has 0 aromatic heterocycles. The van der Waals surface area contributed by atoms with E-state index in [9.17, 15) is 4.79 Å². The van der Waals surface area contributed by atoms with Gasteiger partial charge in [-0.15, -0.1) is 0 Å². The molecule has 1 amide bonds. The summed E-state index contributed by atoms with van der Waals surface area (Å²) in [4.78, 5) is 12.1. The number of hydrogen-bond acceptors (Lipinski definition) is 5. The number of ether oxygens (including phenoxy) is 3. The Hall–Kier alpha value is -2.73. The Kier molecular flexibility index (Phi) is 6.54. The minimum atomic E-state index is -0.112. The second-order valence-corrected chi connectivity index (χ2v) is 6.53. The van der Waals surface area contributed by atoms with E-state index in [1.165, 1.54) is 5.56 Å². The molecule has 0 saturated carbocycles. The average molecular weight is 370 g/mol. The molecule has 1 aliphatic rings. The first-order valence-electron chi connectivity index (χ1n) is 9.21. The molecule has 2 N–H and O–H groups in total. The van der Waals surface area contributed by atoms with Crippen molar-refractivity contribution in [2.45, 2.75) is 19.9 Å². The number of aryl methyl sites for hydroxylation is 1. The minimum Gasteiger partial charge on any atom is -0.492 e. The highest BCUT2D eigenvalue weighted by molar-refractivity contribution is 5.78. The molecule has 1 heterocycles. The highest BCUT2D eigenvalue weighted by Gasteiger charge is 2.15. The van der Waals surface area contributed by atoms with Crippen LogP contribution in [0, 0.1) is 6.92 Å². The first-order chi connectivity index (χ1) is 13.1. The van der Waals surface area contributed by atoms with Gasteiger partial charge in [-0.05, 0) is 43.7 Å². The Morgan fingerprint density at radius 2 is 1.85 bits per heavy atom. The third-order valence-corrected chi connectivity index (χ3v) is 4.30. The molecule has 6 nitrogen and oxygen atoms in total. The van der Waals surface area contributed by atoms with E-state index in [1.807, 2.05) is 56.3 Å². The molecule has 1 aliphatic heterocycles. The molecule has 0 aliphatic carbocycles. The van der Waals surface area contributed by atoms with E-state index < -0.39 is 0 Å². The molecular weight excluding hydrogens is 344 g/mol. The molecule has 0 spiro atoms. The van der Waals surface area contributed by atoms with Gasteiger partial charge in [0.05, 0.1) is 12.6 Å². The summed E-state index contributed by atoms with van der Waals surface area (Å²) in [6.45, 7) is 6.45. The molecule has 0 bridgehead atoms. The Labute approximate surface area is 159 Å². The Morgan fingerprint density at radius 1 is 1.11 bits per heavy atom. The lowest BCUT2D eigenvalue weighted by atomic mass is 10.1. The maximum Gasteiger partial charge on any atom is 0.234 e. The number of hydrogen-bond donors (Lipinski definition) is 2. The number of rotatable bonds is 8. The molecule has 2 aromatic carbocycles. The quantitative estimate of drug-likeness (QED) is 0.699. The van der Waals surface area contributed by atoms with Crippen LogP contribution in [0.15, 0.2) is 42.5 Å². The predicted octanol–water partition coefficient (Wildman–Crippen LogP) is 2.61. The smallest absolute Gasteiger partial charge is 0.234 e. The Balaban J connectivity index is 1.36. The van der Waals surface area contributed by atoms with Crippen LogP contribution in [-0.2, 0) is 4.79 Å². The van der Waals surface area contributed by atoms with E-state index in [1.54, 1.807) is 0 Å². The SMILES string of the molecule is Cc1ccc(OCCNCC(=O)NC(C)c2ccc3c(c2)OCCO3)cc1. The van der Waals surface area contributed by atoms with Gasteiger partial charge >= 0.3 is 0 Å². The molecule has 3 rings (SSSR count). The maximum absolute atomic E-state index is 12.1. The molecule has 144 valence electrons. The van der Waals surface area contributed by atoms with E-state index in [0.29, 0.717) is 26.4 Å². The van der Waals surface area contributed by atoms with E-state index in [2.05, 4.69) is 10.6 Å². The van der Waals surface area contributed by atoms with Gasteiger partial charge in [0, 0.05) is 6.54 Å². The largest absolute Gasteiger partial charge is 0.492 e. The van der Waals surface area contributed by atoms with Crippen molar-refractivity contribution in [1.29, 1.82) is 0 Å². The van der Waals surface area contributed by atoms with Gasteiger partial charge < -0.3 is 24.8 Å². The highest BCUT2D eigenvalue weighted by atomic mass is 16.6. The van der Waals surface area contributed by atoms with Gasteiger partial charge in [-0.25, -0.2) is 0 Å². The topological polar surface area (TPSA) is 68.8 Å². The zero-order chi connectivity index (χ0) is 19.1. The summed E-state index contributed by atoms with van der Waals surface area (Å²) < 4.78 is 16.7. The molecule has 1 atom stereocenters. The Bertz CT molecular complexity index is 761. The molecule has 1 unspecified atom stereocenters. The fraction of sp³-hybridized carbons (Fsp3) is 0.381. The highest BCUT2D eigenvalue weighted by Crippen LogP contribution is 2.32. The number of fused-ring (bicyclic) bond motifs is 1. The van der Waals surface area contributed by atoms with Gasteiger partial charge in [-0.3, -0.25) is 4.79 Å². The number of amides is 1. The number of benzene rings is 2. The number of carbonyl (C=O) groups excluding carboxylic acids is 1. The van der Waals surface area contributed by atoms with E-state index in [4.69, 9.17) is 14.2 Å². The van der Waals surface area contributed by atoms with Crippen LogP contribution in [0.4, 0.5) is 0 Å². The summed E-state index contributed by atoms with van der Waals surface area (Å²) >= 11 is 0. The molecule has 0 saturated heterocycles. The van der Waals surface area contributed by atoms with Crippen molar-refractivity contribution >= 4 is 5.91 Å². The van der Waals surface area contributed by atoms with E-state index >= 15 is 0 Å². The van der Waals surface area contributed by atoms with Crippen LogP contribution in [0.3, 0.4) is 0 Å². The fourth-order valence-corrected chi connectivity index (χ4v) is 2.78. The van der Waals surface area contributed by atoms with Gasteiger partial charge in [0.1, 0.15) is 25.6 Å². The normalized spacial score (nSPS) is 13.7. The van der Waals surface area contributed by atoms with Gasteiger partial charge in [0.2, 0.25) is 5.91 Å². The summed E-state index contributed by atoms with van der Waals surface area (Å²) in [6, 6.07) is 13.5. The second-order valence-electron chi connectivity index (χ2n) is 6.53. The van der Waals surface area contributed by atoms with Gasteiger partial charge in [0.25, 0.3) is 0 Å². The van der Waals surface area contributed by atoms with Crippen molar-refractivity contribution < 1.29 is 19.0 Å². The van der Waals surface area contributed by atoms with Crippen molar-refractivity contribution in [2.75, 3.05) is 32.9 Å². The maximum atomic E-state index is 12.1. The zero-order valence-corrected chi connectivity index (χ0v) is 15.8. The Morgan fingerprint density at radius 3 is 2.63 bits per heavy atom.